The number of halogens is 1. The molecule has 2 rings (SSSR count). The topological polar surface area (TPSA) is 37.8 Å². The summed E-state index contributed by atoms with van der Waals surface area (Å²) in [6.07, 6.45) is 1.95. The fourth-order valence-electron chi connectivity index (χ4n) is 1.78. The standard InChI is InChI=1S/C14H16FN3/c1-3-12-13(15)14(18-9-17-12)16-8-11-6-4-5-10(2)7-11/h4-7,9H,3,8H2,1-2H3,(H,16,17,18). The number of rotatable bonds is 4. The molecule has 0 saturated carbocycles. The van der Waals surface area contributed by atoms with Gasteiger partial charge in [0.2, 0.25) is 0 Å². The Balaban J connectivity index is 2.11. The number of hydrogen-bond acceptors (Lipinski definition) is 3. The van der Waals surface area contributed by atoms with E-state index < -0.39 is 0 Å². The molecular formula is C14H16FN3. The van der Waals surface area contributed by atoms with Crippen LogP contribution in [-0.4, -0.2) is 9.97 Å². The van der Waals surface area contributed by atoms with Crippen molar-refractivity contribution < 1.29 is 4.39 Å². The summed E-state index contributed by atoms with van der Waals surface area (Å²) >= 11 is 0. The lowest BCUT2D eigenvalue weighted by Crippen LogP contribution is -2.06. The summed E-state index contributed by atoms with van der Waals surface area (Å²) < 4.78 is 13.9. The molecule has 0 fully saturated rings. The Morgan fingerprint density at radius 1 is 1.28 bits per heavy atom. The third-order valence-electron chi connectivity index (χ3n) is 2.74. The van der Waals surface area contributed by atoms with Gasteiger partial charge in [-0.25, -0.2) is 14.4 Å². The number of aromatic nitrogens is 2. The fourth-order valence-corrected chi connectivity index (χ4v) is 1.78. The maximum absolute atomic E-state index is 13.9. The average molecular weight is 245 g/mol. The van der Waals surface area contributed by atoms with Crippen molar-refractivity contribution in [2.45, 2.75) is 26.8 Å². The van der Waals surface area contributed by atoms with Crippen molar-refractivity contribution in [2.75, 3.05) is 5.32 Å². The van der Waals surface area contributed by atoms with E-state index in [0.29, 0.717) is 18.7 Å². The van der Waals surface area contributed by atoms with E-state index in [0.717, 1.165) is 5.56 Å². The molecule has 0 aliphatic heterocycles. The Labute approximate surface area is 106 Å². The molecule has 1 aromatic carbocycles. The Bertz CT molecular complexity index is 540. The number of benzene rings is 1. The zero-order valence-corrected chi connectivity index (χ0v) is 10.6. The smallest absolute Gasteiger partial charge is 0.186 e. The van der Waals surface area contributed by atoms with E-state index >= 15 is 0 Å². The molecular weight excluding hydrogens is 229 g/mol. The van der Waals surface area contributed by atoms with Crippen LogP contribution in [0.2, 0.25) is 0 Å². The second-order valence-electron chi connectivity index (χ2n) is 4.18. The van der Waals surface area contributed by atoms with Crippen LogP contribution < -0.4 is 5.32 Å². The highest BCUT2D eigenvalue weighted by Gasteiger charge is 2.08. The summed E-state index contributed by atoms with van der Waals surface area (Å²) in [4.78, 5) is 7.83. The third kappa shape index (κ3) is 2.83. The molecule has 0 aliphatic rings. The van der Waals surface area contributed by atoms with Crippen molar-refractivity contribution in [1.29, 1.82) is 0 Å². The molecule has 0 unspecified atom stereocenters. The van der Waals surface area contributed by atoms with E-state index in [1.54, 1.807) is 0 Å². The molecule has 3 nitrogen and oxygen atoms in total. The van der Waals surface area contributed by atoms with Gasteiger partial charge in [-0.2, -0.15) is 0 Å². The summed E-state index contributed by atoms with van der Waals surface area (Å²) in [6, 6.07) is 8.08. The van der Waals surface area contributed by atoms with Crippen molar-refractivity contribution in [1.82, 2.24) is 9.97 Å². The van der Waals surface area contributed by atoms with E-state index in [2.05, 4.69) is 21.4 Å². The van der Waals surface area contributed by atoms with Gasteiger partial charge < -0.3 is 5.32 Å². The Morgan fingerprint density at radius 2 is 2.11 bits per heavy atom. The zero-order valence-electron chi connectivity index (χ0n) is 10.6. The van der Waals surface area contributed by atoms with Gasteiger partial charge >= 0.3 is 0 Å². The summed E-state index contributed by atoms with van der Waals surface area (Å²) in [5, 5.41) is 3.01. The van der Waals surface area contributed by atoms with Gasteiger partial charge in [-0.1, -0.05) is 36.8 Å². The minimum Gasteiger partial charge on any atom is -0.363 e. The third-order valence-corrected chi connectivity index (χ3v) is 2.74. The lowest BCUT2D eigenvalue weighted by molar-refractivity contribution is 0.596. The summed E-state index contributed by atoms with van der Waals surface area (Å²) in [7, 11) is 0. The lowest BCUT2D eigenvalue weighted by Gasteiger charge is -2.08. The maximum Gasteiger partial charge on any atom is 0.186 e. The van der Waals surface area contributed by atoms with E-state index in [9.17, 15) is 4.39 Å². The van der Waals surface area contributed by atoms with Gasteiger partial charge in [0.05, 0.1) is 5.69 Å². The first-order chi connectivity index (χ1) is 8.70. The molecule has 2 aromatic rings. The van der Waals surface area contributed by atoms with Crippen LogP contribution in [0.5, 0.6) is 0 Å². The van der Waals surface area contributed by atoms with Gasteiger partial charge in [0, 0.05) is 6.54 Å². The van der Waals surface area contributed by atoms with Crippen molar-refractivity contribution >= 4 is 5.82 Å². The molecule has 0 atom stereocenters. The van der Waals surface area contributed by atoms with Crippen molar-refractivity contribution in [3.8, 4) is 0 Å². The van der Waals surface area contributed by atoms with Crippen LogP contribution in [0, 0.1) is 12.7 Å². The van der Waals surface area contributed by atoms with Gasteiger partial charge in [0.15, 0.2) is 11.6 Å². The van der Waals surface area contributed by atoms with Gasteiger partial charge in [-0.15, -0.1) is 0 Å². The Morgan fingerprint density at radius 3 is 2.83 bits per heavy atom. The van der Waals surface area contributed by atoms with Crippen molar-refractivity contribution in [3.63, 3.8) is 0 Å². The molecule has 1 aromatic heterocycles. The zero-order chi connectivity index (χ0) is 13.0. The quantitative estimate of drug-likeness (QED) is 0.899. The molecule has 0 radical (unpaired) electrons. The molecule has 94 valence electrons. The number of anilines is 1. The van der Waals surface area contributed by atoms with E-state index in [-0.39, 0.29) is 11.6 Å². The van der Waals surface area contributed by atoms with Crippen LogP contribution in [0.4, 0.5) is 10.2 Å². The van der Waals surface area contributed by atoms with E-state index in [1.165, 1.54) is 11.9 Å². The largest absolute Gasteiger partial charge is 0.363 e. The van der Waals surface area contributed by atoms with Crippen molar-refractivity contribution in [3.05, 3.63) is 53.2 Å². The summed E-state index contributed by atoms with van der Waals surface area (Å²) in [6.45, 7) is 4.46. The normalized spacial score (nSPS) is 10.4. The van der Waals surface area contributed by atoms with E-state index in [1.807, 2.05) is 32.0 Å². The predicted octanol–water partition coefficient (Wildman–Crippen LogP) is 3.10. The second kappa shape index (κ2) is 5.58. The van der Waals surface area contributed by atoms with Crippen LogP contribution >= 0.6 is 0 Å². The predicted molar refractivity (Wildman–Crippen MR) is 69.9 cm³/mol. The first-order valence-electron chi connectivity index (χ1n) is 5.99. The average Bonchev–Trinajstić information content (AvgIpc) is 2.38. The first-order valence-corrected chi connectivity index (χ1v) is 5.99. The highest BCUT2D eigenvalue weighted by atomic mass is 19.1. The molecule has 18 heavy (non-hydrogen) atoms. The molecule has 0 saturated heterocycles. The highest BCUT2D eigenvalue weighted by Crippen LogP contribution is 2.14. The van der Waals surface area contributed by atoms with Crippen LogP contribution in [0.25, 0.3) is 0 Å². The van der Waals surface area contributed by atoms with E-state index in [4.69, 9.17) is 0 Å². The van der Waals surface area contributed by atoms with Gasteiger partial charge in [-0.05, 0) is 18.9 Å². The Kier molecular flexibility index (Phi) is 3.87. The summed E-state index contributed by atoms with van der Waals surface area (Å²) in [5.41, 5.74) is 2.73. The number of nitrogens with one attached hydrogen (secondary N) is 1. The lowest BCUT2D eigenvalue weighted by atomic mass is 10.1. The molecule has 0 spiro atoms. The molecule has 4 heteroatoms. The van der Waals surface area contributed by atoms with Crippen LogP contribution in [-0.2, 0) is 13.0 Å². The monoisotopic (exact) mass is 245 g/mol. The molecule has 1 heterocycles. The number of aryl methyl sites for hydroxylation is 2. The minimum atomic E-state index is -0.354. The molecule has 0 bridgehead atoms. The van der Waals surface area contributed by atoms with Crippen LogP contribution in [0.3, 0.4) is 0 Å². The Hall–Kier alpha value is -1.97. The SMILES string of the molecule is CCc1ncnc(NCc2cccc(C)c2)c1F. The molecule has 0 aliphatic carbocycles. The minimum absolute atomic E-state index is 0.267. The summed E-state index contributed by atoms with van der Waals surface area (Å²) in [5.74, 6) is -0.0870. The van der Waals surface area contributed by atoms with Gasteiger partial charge in [0.25, 0.3) is 0 Å². The van der Waals surface area contributed by atoms with Crippen LogP contribution in [0.15, 0.2) is 30.6 Å². The maximum atomic E-state index is 13.9. The number of hydrogen-bond donors (Lipinski definition) is 1. The van der Waals surface area contributed by atoms with Crippen molar-refractivity contribution in [2.24, 2.45) is 0 Å². The fraction of sp³-hybridized carbons (Fsp3) is 0.286. The van der Waals surface area contributed by atoms with Gasteiger partial charge in [-0.3, -0.25) is 0 Å². The second-order valence-corrected chi connectivity index (χ2v) is 4.18. The highest BCUT2D eigenvalue weighted by molar-refractivity contribution is 5.38. The molecule has 1 N–H and O–H groups in total. The van der Waals surface area contributed by atoms with Gasteiger partial charge in [0.1, 0.15) is 6.33 Å². The first kappa shape index (κ1) is 12.5. The number of nitrogens with zero attached hydrogens (tertiary/aromatic N) is 2. The molecule has 0 amide bonds. The van der Waals surface area contributed by atoms with Crippen LogP contribution in [0.1, 0.15) is 23.7 Å².